The highest BCUT2D eigenvalue weighted by atomic mass is 35.5. The first-order valence-electron chi connectivity index (χ1n) is 7.43. The van der Waals surface area contributed by atoms with Crippen molar-refractivity contribution in [2.75, 3.05) is 19.7 Å². The van der Waals surface area contributed by atoms with Crippen molar-refractivity contribution in [3.63, 3.8) is 0 Å². The number of carbonyl (C=O) groups excluding carboxylic acids is 1. The number of morpholine rings is 1. The first kappa shape index (κ1) is 15.3. The van der Waals surface area contributed by atoms with Gasteiger partial charge in [-0.1, -0.05) is 30.2 Å². The quantitative estimate of drug-likeness (QED) is 0.924. The third-order valence-corrected chi connectivity index (χ3v) is 4.89. The van der Waals surface area contributed by atoms with Crippen molar-refractivity contribution < 1.29 is 19.4 Å². The number of amides is 1. The zero-order valence-corrected chi connectivity index (χ0v) is 12.9. The van der Waals surface area contributed by atoms with Crippen LogP contribution in [0.25, 0.3) is 0 Å². The molecule has 2 aliphatic rings. The fraction of sp³-hybridized carbons (Fsp3) is 0.500. The number of benzene rings is 1. The lowest BCUT2D eigenvalue weighted by atomic mass is 9.63. The van der Waals surface area contributed by atoms with Gasteiger partial charge in [0.15, 0.2) is 6.10 Å². The SMILES string of the molecule is O=C(O)[C@@H]1CN(C(=O)C2(c3ccc(Cl)cc3)CCC2)CCO1. The molecule has 1 saturated heterocycles. The molecule has 2 fully saturated rings. The lowest BCUT2D eigenvalue weighted by Gasteiger charge is -2.45. The number of halogens is 1. The van der Waals surface area contributed by atoms with Gasteiger partial charge >= 0.3 is 5.97 Å². The van der Waals surface area contributed by atoms with Crippen LogP contribution >= 0.6 is 11.6 Å². The normalized spacial score (nSPS) is 23.7. The van der Waals surface area contributed by atoms with Crippen LogP contribution in [0.5, 0.6) is 0 Å². The molecule has 0 radical (unpaired) electrons. The van der Waals surface area contributed by atoms with Crippen molar-refractivity contribution in [3.8, 4) is 0 Å². The Labute approximate surface area is 133 Å². The van der Waals surface area contributed by atoms with Gasteiger partial charge < -0.3 is 14.7 Å². The molecule has 0 spiro atoms. The number of ether oxygens (including phenoxy) is 1. The van der Waals surface area contributed by atoms with Gasteiger partial charge in [-0.3, -0.25) is 4.79 Å². The number of aliphatic carboxylic acids is 1. The summed E-state index contributed by atoms with van der Waals surface area (Å²) in [5.74, 6) is -1.01. The highest BCUT2D eigenvalue weighted by Crippen LogP contribution is 2.45. The maximum atomic E-state index is 13.0. The van der Waals surface area contributed by atoms with Crippen LogP contribution in [-0.4, -0.2) is 47.7 Å². The molecule has 1 amide bonds. The Morgan fingerprint density at radius 3 is 2.50 bits per heavy atom. The summed E-state index contributed by atoms with van der Waals surface area (Å²) < 4.78 is 5.19. The van der Waals surface area contributed by atoms with E-state index in [-0.39, 0.29) is 19.1 Å². The third-order valence-electron chi connectivity index (χ3n) is 4.64. The van der Waals surface area contributed by atoms with Gasteiger partial charge in [0.2, 0.25) is 5.91 Å². The monoisotopic (exact) mass is 323 g/mol. The van der Waals surface area contributed by atoms with Gasteiger partial charge in [0.25, 0.3) is 0 Å². The average molecular weight is 324 g/mol. The minimum Gasteiger partial charge on any atom is -0.479 e. The van der Waals surface area contributed by atoms with E-state index >= 15 is 0 Å². The van der Waals surface area contributed by atoms with Crippen molar-refractivity contribution in [3.05, 3.63) is 34.9 Å². The van der Waals surface area contributed by atoms with Gasteiger partial charge in [-0.05, 0) is 30.5 Å². The van der Waals surface area contributed by atoms with Crippen molar-refractivity contribution >= 4 is 23.5 Å². The largest absolute Gasteiger partial charge is 0.479 e. The molecule has 1 saturated carbocycles. The Hall–Kier alpha value is -1.59. The summed E-state index contributed by atoms with van der Waals surface area (Å²) in [5.41, 5.74) is 0.442. The summed E-state index contributed by atoms with van der Waals surface area (Å²) in [6.45, 7) is 0.820. The molecule has 0 unspecified atom stereocenters. The second kappa shape index (κ2) is 5.89. The second-order valence-electron chi connectivity index (χ2n) is 5.89. The Kier molecular flexibility index (Phi) is 4.10. The molecule has 1 aromatic rings. The van der Waals surface area contributed by atoms with Crippen molar-refractivity contribution in [2.45, 2.75) is 30.8 Å². The third kappa shape index (κ3) is 2.59. The van der Waals surface area contributed by atoms with Crippen molar-refractivity contribution in [2.24, 2.45) is 0 Å². The fourth-order valence-corrected chi connectivity index (χ4v) is 3.34. The Balaban J connectivity index is 1.82. The maximum absolute atomic E-state index is 13.0. The molecule has 22 heavy (non-hydrogen) atoms. The van der Waals surface area contributed by atoms with Crippen LogP contribution in [0.1, 0.15) is 24.8 Å². The van der Waals surface area contributed by atoms with Crippen LogP contribution in [0.4, 0.5) is 0 Å². The van der Waals surface area contributed by atoms with Crippen LogP contribution in [0.2, 0.25) is 5.02 Å². The van der Waals surface area contributed by atoms with Gasteiger partial charge in [-0.15, -0.1) is 0 Å². The van der Waals surface area contributed by atoms with E-state index < -0.39 is 17.5 Å². The fourth-order valence-electron chi connectivity index (χ4n) is 3.21. The van der Waals surface area contributed by atoms with Gasteiger partial charge in [0.05, 0.1) is 18.6 Å². The maximum Gasteiger partial charge on any atom is 0.334 e. The second-order valence-corrected chi connectivity index (χ2v) is 6.33. The van der Waals surface area contributed by atoms with Crippen LogP contribution in [0.15, 0.2) is 24.3 Å². The standard InChI is InChI=1S/C16H18ClNO4/c17-12-4-2-11(3-5-12)16(6-1-7-16)15(21)18-8-9-22-13(10-18)14(19)20/h2-5,13H,1,6-10H2,(H,19,20)/t13-/m0/s1. The Morgan fingerprint density at radius 1 is 1.27 bits per heavy atom. The molecule has 6 heteroatoms. The lowest BCUT2D eigenvalue weighted by molar-refractivity contribution is -0.162. The summed E-state index contributed by atoms with van der Waals surface area (Å²) in [4.78, 5) is 25.7. The van der Waals surface area contributed by atoms with Crippen LogP contribution in [-0.2, 0) is 19.7 Å². The Morgan fingerprint density at radius 2 is 1.95 bits per heavy atom. The molecule has 0 aromatic heterocycles. The van der Waals surface area contributed by atoms with Crippen LogP contribution in [0.3, 0.4) is 0 Å². The number of nitrogens with zero attached hydrogens (tertiary/aromatic N) is 1. The molecule has 1 atom stereocenters. The van der Waals surface area contributed by atoms with Gasteiger partial charge in [0, 0.05) is 11.6 Å². The first-order valence-corrected chi connectivity index (χ1v) is 7.80. The van der Waals surface area contributed by atoms with Crippen LogP contribution in [0, 0.1) is 0 Å². The molecular weight excluding hydrogens is 306 g/mol. The van der Waals surface area contributed by atoms with Gasteiger partial charge in [0.1, 0.15) is 0 Å². The number of hydrogen-bond acceptors (Lipinski definition) is 3. The highest BCUT2D eigenvalue weighted by molar-refractivity contribution is 6.30. The molecule has 1 heterocycles. The van der Waals surface area contributed by atoms with E-state index in [1.165, 1.54) is 0 Å². The number of carbonyl (C=O) groups is 2. The summed E-state index contributed by atoms with van der Waals surface area (Å²) >= 11 is 5.93. The topological polar surface area (TPSA) is 66.8 Å². The van der Waals surface area contributed by atoms with E-state index in [4.69, 9.17) is 21.4 Å². The summed E-state index contributed by atoms with van der Waals surface area (Å²) in [7, 11) is 0. The number of carboxylic acids is 1. The average Bonchev–Trinajstić information content (AvgIpc) is 2.48. The molecule has 5 nitrogen and oxygen atoms in total. The van der Waals surface area contributed by atoms with E-state index in [1.807, 2.05) is 12.1 Å². The first-order chi connectivity index (χ1) is 10.5. The predicted molar refractivity (Wildman–Crippen MR) is 80.9 cm³/mol. The van der Waals surface area contributed by atoms with E-state index in [2.05, 4.69) is 0 Å². The summed E-state index contributed by atoms with van der Waals surface area (Å²) in [6.07, 6.45) is 1.66. The molecule has 3 rings (SSSR count). The molecule has 1 N–H and O–H groups in total. The molecule has 0 bridgehead atoms. The minimum absolute atomic E-state index is 0.00984. The number of carboxylic acid groups (broad SMARTS) is 1. The molecule has 1 aromatic carbocycles. The lowest BCUT2D eigenvalue weighted by Crippen LogP contribution is -2.56. The van der Waals surface area contributed by atoms with E-state index in [0.717, 1.165) is 24.8 Å². The summed E-state index contributed by atoms with van der Waals surface area (Å²) in [6, 6.07) is 7.39. The molecule has 1 aliphatic carbocycles. The highest BCUT2D eigenvalue weighted by Gasteiger charge is 2.48. The van der Waals surface area contributed by atoms with Gasteiger partial charge in [-0.2, -0.15) is 0 Å². The number of rotatable bonds is 3. The van der Waals surface area contributed by atoms with Crippen molar-refractivity contribution in [1.82, 2.24) is 4.90 Å². The molecule has 1 aliphatic heterocycles. The van der Waals surface area contributed by atoms with Gasteiger partial charge in [-0.25, -0.2) is 4.79 Å². The van der Waals surface area contributed by atoms with E-state index in [1.54, 1.807) is 17.0 Å². The van der Waals surface area contributed by atoms with Crippen molar-refractivity contribution in [1.29, 1.82) is 0 Å². The predicted octanol–water partition coefficient (Wildman–Crippen LogP) is 2.07. The Bertz CT molecular complexity index is 582. The summed E-state index contributed by atoms with van der Waals surface area (Å²) in [5, 5.41) is 9.72. The molecule has 118 valence electrons. The zero-order valence-electron chi connectivity index (χ0n) is 12.1. The van der Waals surface area contributed by atoms with E-state index in [9.17, 15) is 9.59 Å². The van der Waals surface area contributed by atoms with Crippen LogP contribution < -0.4 is 0 Å². The van der Waals surface area contributed by atoms with E-state index in [0.29, 0.717) is 11.6 Å². The zero-order chi connectivity index (χ0) is 15.7. The smallest absolute Gasteiger partial charge is 0.334 e. The minimum atomic E-state index is -1.02. The number of hydrogen-bond donors (Lipinski definition) is 1. The molecular formula is C16H18ClNO4.